The van der Waals surface area contributed by atoms with Gasteiger partial charge in [0.15, 0.2) is 0 Å². The molecule has 3 N–H and O–H groups in total. The molecular weight excluding hydrogens is 252 g/mol. The Morgan fingerprint density at radius 1 is 1.44 bits per heavy atom. The van der Waals surface area contributed by atoms with Crippen LogP contribution in [0.2, 0.25) is 0 Å². The van der Waals surface area contributed by atoms with Crippen LogP contribution in [0.4, 0.5) is 5.69 Å². The first-order chi connectivity index (χ1) is 8.63. The van der Waals surface area contributed by atoms with Crippen molar-refractivity contribution < 1.29 is 9.21 Å². The summed E-state index contributed by atoms with van der Waals surface area (Å²) >= 11 is 1.34. The van der Waals surface area contributed by atoms with E-state index in [-0.39, 0.29) is 5.91 Å². The van der Waals surface area contributed by atoms with Crippen LogP contribution in [0.5, 0.6) is 0 Å². The van der Waals surface area contributed by atoms with Gasteiger partial charge in [-0.3, -0.25) is 4.79 Å². The van der Waals surface area contributed by atoms with Crippen LogP contribution in [-0.4, -0.2) is 16.1 Å². The number of rotatable bonds is 2. The van der Waals surface area contributed by atoms with E-state index in [9.17, 15) is 4.79 Å². The molecule has 7 heteroatoms. The van der Waals surface area contributed by atoms with E-state index in [4.69, 9.17) is 10.2 Å². The maximum Gasteiger partial charge on any atom is 0.281 e. The summed E-state index contributed by atoms with van der Waals surface area (Å²) in [5, 5.41) is 10.9. The van der Waals surface area contributed by atoms with Crippen molar-refractivity contribution in [2.75, 3.05) is 5.32 Å². The third-order valence-corrected chi connectivity index (χ3v) is 3.44. The van der Waals surface area contributed by atoms with Gasteiger partial charge in [-0.1, -0.05) is 6.07 Å². The predicted molar refractivity (Wildman–Crippen MR) is 65.2 cm³/mol. The van der Waals surface area contributed by atoms with E-state index in [1.54, 1.807) is 6.92 Å². The number of anilines is 1. The predicted octanol–water partition coefficient (Wildman–Crippen LogP) is 1.48. The van der Waals surface area contributed by atoms with E-state index in [1.807, 2.05) is 18.2 Å². The average molecular weight is 262 g/mol. The van der Waals surface area contributed by atoms with E-state index in [2.05, 4.69) is 15.5 Å². The topological polar surface area (TPSA) is 94.0 Å². The minimum atomic E-state index is -0.579. The summed E-state index contributed by atoms with van der Waals surface area (Å²) in [6, 6.07) is 4.99. The lowest BCUT2D eigenvalue weighted by molar-refractivity contribution is -0.116. The van der Waals surface area contributed by atoms with E-state index in [0.717, 1.165) is 16.1 Å². The van der Waals surface area contributed by atoms with E-state index in [1.165, 1.54) is 11.8 Å². The molecule has 1 atom stereocenters. The zero-order valence-corrected chi connectivity index (χ0v) is 10.3. The minimum absolute atomic E-state index is 0.180. The number of hydrogen-bond acceptors (Lipinski definition) is 6. The highest BCUT2D eigenvalue weighted by Gasteiger charge is 2.27. The van der Waals surface area contributed by atoms with Crippen molar-refractivity contribution in [2.24, 2.45) is 5.73 Å². The van der Waals surface area contributed by atoms with Gasteiger partial charge in [-0.15, -0.1) is 10.2 Å². The number of aryl methyl sites for hydroxylation is 1. The van der Waals surface area contributed by atoms with Crippen molar-refractivity contribution >= 4 is 23.4 Å². The van der Waals surface area contributed by atoms with Gasteiger partial charge in [0.1, 0.15) is 6.04 Å². The van der Waals surface area contributed by atoms with Crippen LogP contribution in [0.15, 0.2) is 32.7 Å². The number of hydrogen-bond donors (Lipinski definition) is 2. The van der Waals surface area contributed by atoms with Crippen molar-refractivity contribution in [2.45, 2.75) is 23.1 Å². The quantitative estimate of drug-likeness (QED) is 0.851. The summed E-state index contributed by atoms with van der Waals surface area (Å²) in [5.41, 5.74) is 7.29. The van der Waals surface area contributed by atoms with Crippen LogP contribution in [0.1, 0.15) is 17.5 Å². The number of benzene rings is 1. The van der Waals surface area contributed by atoms with Crippen LogP contribution in [-0.2, 0) is 4.79 Å². The fourth-order valence-corrected chi connectivity index (χ4v) is 2.51. The molecule has 1 aliphatic rings. The summed E-state index contributed by atoms with van der Waals surface area (Å²) in [6.45, 7) is 1.74. The van der Waals surface area contributed by atoms with E-state index >= 15 is 0 Å². The van der Waals surface area contributed by atoms with Crippen LogP contribution in [0.25, 0.3) is 0 Å². The van der Waals surface area contributed by atoms with E-state index in [0.29, 0.717) is 11.1 Å². The molecule has 0 saturated heterocycles. The second kappa shape index (κ2) is 4.11. The van der Waals surface area contributed by atoms with Gasteiger partial charge in [0, 0.05) is 23.1 Å². The van der Waals surface area contributed by atoms with Gasteiger partial charge < -0.3 is 15.5 Å². The van der Waals surface area contributed by atoms with E-state index < -0.39 is 6.04 Å². The summed E-state index contributed by atoms with van der Waals surface area (Å²) < 4.78 is 5.28. The number of carbonyl (C=O) groups excluding carboxylic acids is 1. The molecule has 6 nitrogen and oxygen atoms in total. The number of amides is 1. The molecule has 3 rings (SSSR count). The molecule has 18 heavy (non-hydrogen) atoms. The second-order valence-electron chi connectivity index (χ2n) is 3.91. The normalized spacial score (nSPS) is 17.7. The number of nitrogens with two attached hydrogens (primary N) is 1. The third kappa shape index (κ3) is 1.87. The lowest BCUT2D eigenvalue weighted by atomic mass is 10.1. The zero-order chi connectivity index (χ0) is 12.7. The van der Waals surface area contributed by atoms with Crippen molar-refractivity contribution in [1.82, 2.24) is 10.2 Å². The fourth-order valence-electron chi connectivity index (χ4n) is 1.75. The molecular formula is C11H10N4O2S. The van der Waals surface area contributed by atoms with Crippen molar-refractivity contribution in [3.63, 3.8) is 0 Å². The lowest BCUT2D eigenvalue weighted by Gasteiger charge is -2.02. The van der Waals surface area contributed by atoms with Crippen molar-refractivity contribution in [3.05, 3.63) is 29.7 Å². The Kier molecular flexibility index (Phi) is 2.57. The summed E-state index contributed by atoms with van der Waals surface area (Å²) in [5.74, 6) is 0.342. The summed E-state index contributed by atoms with van der Waals surface area (Å²) in [6.07, 6.45) is 0. The Balaban J connectivity index is 1.88. The number of nitrogens with one attached hydrogen (secondary N) is 1. The highest BCUT2D eigenvalue weighted by molar-refractivity contribution is 7.99. The molecule has 1 unspecified atom stereocenters. The highest BCUT2D eigenvalue weighted by atomic mass is 32.2. The van der Waals surface area contributed by atoms with Gasteiger partial charge in [-0.25, -0.2) is 0 Å². The molecule has 0 radical (unpaired) electrons. The Morgan fingerprint density at radius 3 is 3.00 bits per heavy atom. The SMILES string of the molecule is Cc1nnc(Sc2ccc3c(c2)NC(=O)C3N)o1. The fraction of sp³-hybridized carbons (Fsp3) is 0.182. The molecule has 1 aromatic carbocycles. The Hall–Kier alpha value is -1.86. The first kappa shape index (κ1) is 11.2. The van der Waals surface area contributed by atoms with Crippen LogP contribution < -0.4 is 11.1 Å². The molecule has 0 aliphatic carbocycles. The molecule has 2 heterocycles. The Bertz CT molecular complexity index is 625. The molecule has 1 aromatic heterocycles. The average Bonchev–Trinajstić information content (AvgIpc) is 2.85. The minimum Gasteiger partial charge on any atom is -0.416 e. The number of aromatic nitrogens is 2. The van der Waals surface area contributed by atoms with Crippen molar-refractivity contribution in [1.29, 1.82) is 0 Å². The third-order valence-electron chi connectivity index (χ3n) is 2.61. The monoisotopic (exact) mass is 262 g/mol. The maximum absolute atomic E-state index is 11.4. The van der Waals surface area contributed by atoms with Gasteiger partial charge in [-0.05, 0) is 23.9 Å². The highest BCUT2D eigenvalue weighted by Crippen LogP contribution is 2.35. The van der Waals surface area contributed by atoms with Gasteiger partial charge in [0.2, 0.25) is 11.8 Å². The Morgan fingerprint density at radius 2 is 2.28 bits per heavy atom. The number of nitrogens with zero attached hydrogens (tertiary/aromatic N) is 2. The summed E-state index contributed by atoms with van der Waals surface area (Å²) in [4.78, 5) is 12.3. The molecule has 0 saturated carbocycles. The van der Waals surface area contributed by atoms with Crippen molar-refractivity contribution in [3.8, 4) is 0 Å². The zero-order valence-electron chi connectivity index (χ0n) is 9.51. The molecule has 1 amide bonds. The maximum atomic E-state index is 11.4. The summed E-state index contributed by atoms with van der Waals surface area (Å²) in [7, 11) is 0. The van der Waals surface area contributed by atoms with Crippen LogP contribution in [0, 0.1) is 6.92 Å². The molecule has 0 spiro atoms. The lowest BCUT2D eigenvalue weighted by Crippen LogP contribution is -2.19. The van der Waals surface area contributed by atoms with Gasteiger partial charge in [-0.2, -0.15) is 0 Å². The van der Waals surface area contributed by atoms with Gasteiger partial charge in [0.05, 0.1) is 0 Å². The molecule has 1 aliphatic heterocycles. The first-order valence-corrected chi connectivity index (χ1v) is 6.13. The van der Waals surface area contributed by atoms with Crippen LogP contribution >= 0.6 is 11.8 Å². The molecule has 0 fully saturated rings. The van der Waals surface area contributed by atoms with Crippen LogP contribution in [0.3, 0.4) is 0 Å². The Labute approximate surface area is 107 Å². The molecule has 0 bridgehead atoms. The largest absolute Gasteiger partial charge is 0.416 e. The second-order valence-corrected chi connectivity index (χ2v) is 4.93. The molecule has 92 valence electrons. The first-order valence-electron chi connectivity index (χ1n) is 5.32. The number of carbonyl (C=O) groups is 1. The smallest absolute Gasteiger partial charge is 0.281 e. The van der Waals surface area contributed by atoms with Gasteiger partial charge >= 0.3 is 0 Å². The molecule has 2 aromatic rings. The standard InChI is InChI=1S/C11H10N4O2S/c1-5-14-15-11(17-5)18-6-2-3-7-8(4-6)13-10(16)9(7)12/h2-4,9H,12H2,1H3,(H,13,16). The van der Waals surface area contributed by atoms with Gasteiger partial charge in [0.25, 0.3) is 5.22 Å². The number of fused-ring (bicyclic) bond motifs is 1.